The zero-order chi connectivity index (χ0) is 9.38. The minimum atomic E-state index is 1.09. The van der Waals surface area contributed by atoms with Crippen LogP contribution < -0.4 is 5.32 Å². The second kappa shape index (κ2) is 3.65. The molecular formula is C11H16N2S. The third-order valence-corrected chi connectivity index (χ3v) is 4.34. The van der Waals surface area contributed by atoms with Gasteiger partial charge in [0.25, 0.3) is 0 Å². The molecule has 2 aliphatic rings. The number of nitrogens with zero attached hydrogens (tertiary/aromatic N) is 1. The molecule has 1 fully saturated rings. The number of nitrogens with one attached hydrogen (secondary N) is 1. The van der Waals surface area contributed by atoms with E-state index in [2.05, 4.69) is 16.3 Å². The molecule has 2 nitrogen and oxygen atoms in total. The first kappa shape index (κ1) is 8.89. The molecule has 76 valence electrons. The van der Waals surface area contributed by atoms with E-state index in [9.17, 15) is 0 Å². The monoisotopic (exact) mass is 208 g/mol. The molecule has 1 N–H and O–H groups in total. The quantitative estimate of drug-likeness (QED) is 0.794. The van der Waals surface area contributed by atoms with Crippen molar-refractivity contribution in [3.63, 3.8) is 0 Å². The second-order valence-corrected chi connectivity index (χ2v) is 5.44. The molecule has 1 saturated heterocycles. The number of hydrogen-bond donors (Lipinski definition) is 1. The van der Waals surface area contributed by atoms with Crippen LogP contribution in [0, 0.1) is 0 Å². The molecule has 0 spiro atoms. The standard InChI is InChI=1S/C11H16N2S/c1-4-13(5-1)8-10-6-9-7-12-3-2-11(9)14-10/h6,12H,1-5,7-8H2. The Bertz CT molecular complexity index is 305. The molecule has 14 heavy (non-hydrogen) atoms. The van der Waals surface area contributed by atoms with Gasteiger partial charge in [-0.3, -0.25) is 4.90 Å². The molecule has 0 amide bonds. The van der Waals surface area contributed by atoms with Crippen molar-refractivity contribution in [1.82, 2.24) is 10.2 Å². The van der Waals surface area contributed by atoms with Crippen LogP contribution in [0.3, 0.4) is 0 Å². The summed E-state index contributed by atoms with van der Waals surface area (Å²) in [5.41, 5.74) is 1.55. The van der Waals surface area contributed by atoms with Crippen LogP contribution in [0.25, 0.3) is 0 Å². The van der Waals surface area contributed by atoms with Gasteiger partial charge in [-0.15, -0.1) is 11.3 Å². The molecule has 0 aromatic carbocycles. The summed E-state index contributed by atoms with van der Waals surface area (Å²) in [5, 5.41) is 3.43. The highest BCUT2D eigenvalue weighted by Crippen LogP contribution is 2.27. The summed E-state index contributed by atoms with van der Waals surface area (Å²) in [6, 6.07) is 2.41. The van der Waals surface area contributed by atoms with Crippen LogP contribution in [-0.2, 0) is 19.5 Å². The number of hydrogen-bond acceptors (Lipinski definition) is 3. The van der Waals surface area contributed by atoms with Crippen molar-refractivity contribution in [3.05, 3.63) is 21.4 Å². The third-order valence-electron chi connectivity index (χ3n) is 3.12. The Morgan fingerprint density at radius 2 is 2.36 bits per heavy atom. The lowest BCUT2D eigenvalue weighted by molar-refractivity contribution is 0.174. The topological polar surface area (TPSA) is 15.3 Å². The molecule has 1 aromatic rings. The van der Waals surface area contributed by atoms with Crippen LogP contribution in [-0.4, -0.2) is 24.5 Å². The summed E-state index contributed by atoms with van der Waals surface area (Å²) in [6.07, 6.45) is 2.63. The molecule has 0 unspecified atom stereocenters. The molecule has 3 heterocycles. The lowest BCUT2D eigenvalue weighted by Gasteiger charge is -2.29. The molecule has 0 atom stereocenters. The van der Waals surface area contributed by atoms with Crippen LogP contribution >= 0.6 is 11.3 Å². The highest BCUT2D eigenvalue weighted by Gasteiger charge is 2.17. The van der Waals surface area contributed by atoms with Crippen molar-refractivity contribution in [1.29, 1.82) is 0 Å². The van der Waals surface area contributed by atoms with E-state index in [4.69, 9.17) is 0 Å². The fourth-order valence-electron chi connectivity index (χ4n) is 2.15. The first-order valence-corrected chi connectivity index (χ1v) is 6.27. The van der Waals surface area contributed by atoms with Crippen LogP contribution in [0.2, 0.25) is 0 Å². The van der Waals surface area contributed by atoms with Crippen LogP contribution in [0.5, 0.6) is 0 Å². The summed E-state index contributed by atoms with van der Waals surface area (Å²) in [5.74, 6) is 0. The Morgan fingerprint density at radius 1 is 1.43 bits per heavy atom. The maximum Gasteiger partial charge on any atom is 0.0328 e. The van der Waals surface area contributed by atoms with Crippen LogP contribution in [0.4, 0.5) is 0 Å². The van der Waals surface area contributed by atoms with E-state index in [0.717, 1.165) is 13.1 Å². The number of rotatable bonds is 2. The average Bonchev–Trinajstić information content (AvgIpc) is 2.53. The van der Waals surface area contributed by atoms with E-state index < -0.39 is 0 Å². The summed E-state index contributed by atoms with van der Waals surface area (Å²) < 4.78 is 0. The predicted molar refractivity (Wildman–Crippen MR) is 59.6 cm³/mol. The molecule has 0 radical (unpaired) electrons. The van der Waals surface area contributed by atoms with Gasteiger partial charge in [0.05, 0.1) is 0 Å². The third kappa shape index (κ3) is 1.60. The van der Waals surface area contributed by atoms with Crippen molar-refractivity contribution in [2.45, 2.75) is 25.9 Å². The largest absolute Gasteiger partial charge is 0.312 e. The van der Waals surface area contributed by atoms with Crippen LogP contribution in [0.15, 0.2) is 6.07 Å². The molecule has 0 saturated carbocycles. The van der Waals surface area contributed by atoms with Gasteiger partial charge in [-0.1, -0.05) is 0 Å². The summed E-state index contributed by atoms with van der Waals surface area (Å²) >= 11 is 2.03. The van der Waals surface area contributed by atoms with Crippen LogP contribution in [0.1, 0.15) is 21.7 Å². The molecule has 1 aromatic heterocycles. The molecule has 3 heteroatoms. The lowest BCUT2D eigenvalue weighted by Crippen LogP contribution is -2.35. The first-order chi connectivity index (χ1) is 6.92. The Hall–Kier alpha value is -0.380. The van der Waals surface area contributed by atoms with Crippen molar-refractivity contribution in [2.75, 3.05) is 19.6 Å². The van der Waals surface area contributed by atoms with Gasteiger partial charge < -0.3 is 5.32 Å². The van der Waals surface area contributed by atoms with Crippen molar-refractivity contribution < 1.29 is 0 Å². The fraction of sp³-hybridized carbons (Fsp3) is 0.636. The van der Waals surface area contributed by atoms with Crippen molar-refractivity contribution in [2.24, 2.45) is 0 Å². The molecule has 3 rings (SSSR count). The van der Waals surface area contributed by atoms with Crippen molar-refractivity contribution >= 4 is 11.3 Å². The zero-order valence-electron chi connectivity index (χ0n) is 8.38. The van der Waals surface area contributed by atoms with Gasteiger partial charge in [0.1, 0.15) is 0 Å². The summed E-state index contributed by atoms with van der Waals surface area (Å²) in [7, 11) is 0. The molecular weight excluding hydrogens is 192 g/mol. The van der Waals surface area contributed by atoms with Gasteiger partial charge in [-0.2, -0.15) is 0 Å². The van der Waals surface area contributed by atoms with Gasteiger partial charge in [-0.25, -0.2) is 0 Å². The van der Waals surface area contributed by atoms with Crippen molar-refractivity contribution in [3.8, 4) is 0 Å². The van der Waals surface area contributed by atoms with Gasteiger partial charge >= 0.3 is 0 Å². The average molecular weight is 208 g/mol. The SMILES string of the molecule is c1c(CN2CCC2)sc2c1CNCC2. The number of fused-ring (bicyclic) bond motifs is 1. The fourth-order valence-corrected chi connectivity index (χ4v) is 3.38. The Kier molecular flexibility index (Phi) is 2.32. The molecule has 2 aliphatic heterocycles. The Morgan fingerprint density at radius 3 is 3.07 bits per heavy atom. The van der Waals surface area contributed by atoms with E-state index in [-0.39, 0.29) is 0 Å². The molecule has 0 aliphatic carbocycles. The number of thiophene rings is 1. The van der Waals surface area contributed by atoms with Gasteiger partial charge in [0.2, 0.25) is 0 Å². The Labute approximate surface area is 88.9 Å². The smallest absolute Gasteiger partial charge is 0.0328 e. The number of likely N-dealkylation sites (tertiary alicyclic amines) is 1. The normalized spacial score (nSPS) is 21.7. The minimum Gasteiger partial charge on any atom is -0.312 e. The van der Waals surface area contributed by atoms with E-state index in [1.807, 2.05) is 11.3 Å². The zero-order valence-corrected chi connectivity index (χ0v) is 9.20. The summed E-state index contributed by atoms with van der Waals surface area (Å²) in [6.45, 7) is 6.06. The first-order valence-electron chi connectivity index (χ1n) is 5.45. The molecule has 0 bridgehead atoms. The lowest BCUT2D eigenvalue weighted by atomic mass is 10.1. The minimum absolute atomic E-state index is 1.09. The van der Waals surface area contributed by atoms with Gasteiger partial charge in [-0.05, 0) is 37.6 Å². The van der Waals surface area contributed by atoms with E-state index in [1.54, 1.807) is 15.3 Å². The second-order valence-electron chi connectivity index (χ2n) is 4.22. The maximum absolute atomic E-state index is 3.43. The highest BCUT2D eigenvalue weighted by atomic mass is 32.1. The van der Waals surface area contributed by atoms with E-state index in [0.29, 0.717) is 0 Å². The highest BCUT2D eigenvalue weighted by molar-refractivity contribution is 7.12. The predicted octanol–water partition coefficient (Wildman–Crippen LogP) is 1.60. The summed E-state index contributed by atoms with van der Waals surface area (Å²) in [4.78, 5) is 5.72. The maximum atomic E-state index is 3.43. The Balaban J connectivity index is 1.74. The van der Waals surface area contributed by atoms with E-state index in [1.165, 1.54) is 32.5 Å². The van der Waals surface area contributed by atoms with E-state index >= 15 is 0 Å². The van der Waals surface area contributed by atoms with Gasteiger partial charge in [0, 0.05) is 29.4 Å². The van der Waals surface area contributed by atoms with Gasteiger partial charge in [0.15, 0.2) is 0 Å².